The summed E-state index contributed by atoms with van der Waals surface area (Å²) in [6.07, 6.45) is 0.982. The van der Waals surface area contributed by atoms with Crippen LogP contribution >= 0.6 is 0 Å². The van der Waals surface area contributed by atoms with Crippen molar-refractivity contribution in [3.05, 3.63) is 0 Å². The van der Waals surface area contributed by atoms with Crippen LogP contribution in [0.25, 0.3) is 0 Å². The van der Waals surface area contributed by atoms with Gasteiger partial charge in [0.15, 0.2) is 0 Å². The highest BCUT2D eigenvalue weighted by atomic mass is 32.2. The van der Waals surface area contributed by atoms with E-state index in [0.29, 0.717) is 24.9 Å². The van der Waals surface area contributed by atoms with Gasteiger partial charge in [-0.05, 0) is 18.3 Å². The molecule has 7 heteroatoms. The Morgan fingerprint density at radius 2 is 2.11 bits per heavy atom. The van der Waals surface area contributed by atoms with Crippen molar-refractivity contribution < 1.29 is 17.9 Å². The van der Waals surface area contributed by atoms with Crippen LogP contribution in [0.15, 0.2) is 0 Å². The second-order valence-corrected chi connectivity index (χ2v) is 7.34. The van der Waals surface area contributed by atoms with Gasteiger partial charge in [0.1, 0.15) is 0 Å². The standard InChI is InChI=1S/C12H24N2O4S/c1-10(2)11-5-8-14(9-11)19(16,17)13(3)7-6-12(15)18-4/h10-11H,5-9H2,1-4H3. The molecule has 1 aliphatic rings. The zero-order valence-corrected chi connectivity index (χ0v) is 12.9. The molecule has 1 saturated heterocycles. The third kappa shape index (κ3) is 4.15. The Hall–Kier alpha value is -0.660. The molecule has 0 aromatic heterocycles. The molecule has 1 unspecified atom stereocenters. The summed E-state index contributed by atoms with van der Waals surface area (Å²) in [4.78, 5) is 11.0. The van der Waals surface area contributed by atoms with Gasteiger partial charge < -0.3 is 4.74 Å². The van der Waals surface area contributed by atoms with Crippen molar-refractivity contribution in [3.8, 4) is 0 Å². The van der Waals surface area contributed by atoms with Gasteiger partial charge in [0.25, 0.3) is 10.2 Å². The maximum atomic E-state index is 12.3. The summed E-state index contributed by atoms with van der Waals surface area (Å²) in [5.41, 5.74) is 0. The molecule has 0 bridgehead atoms. The molecule has 0 radical (unpaired) electrons. The van der Waals surface area contributed by atoms with Crippen molar-refractivity contribution in [2.24, 2.45) is 11.8 Å². The highest BCUT2D eigenvalue weighted by molar-refractivity contribution is 7.86. The monoisotopic (exact) mass is 292 g/mol. The van der Waals surface area contributed by atoms with Crippen LogP contribution in [0.3, 0.4) is 0 Å². The first-order valence-electron chi connectivity index (χ1n) is 6.57. The lowest BCUT2D eigenvalue weighted by Gasteiger charge is -2.24. The SMILES string of the molecule is COC(=O)CCN(C)S(=O)(=O)N1CCC(C(C)C)C1. The molecule has 1 heterocycles. The molecule has 6 nitrogen and oxygen atoms in total. The number of ether oxygens (including phenoxy) is 1. The van der Waals surface area contributed by atoms with Crippen LogP contribution in [0, 0.1) is 11.8 Å². The lowest BCUT2D eigenvalue weighted by molar-refractivity contribution is -0.140. The average Bonchev–Trinajstić information content (AvgIpc) is 2.85. The number of methoxy groups -OCH3 is 1. The Bertz CT molecular complexity index is 408. The Morgan fingerprint density at radius 1 is 1.47 bits per heavy atom. The molecule has 0 spiro atoms. The van der Waals surface area contributed by atoms with Crippen molar-refractivity contribution in [2.75, 3.05) is 33.8 Å². The first-order valence-corrected chi connectivity index (χ1v) is 7.97. The fourth-order valence-corrected chi connectivity index (χ4v) is 3.60. The van der Waals surface area contributed by atoms with Gasteiger partial charge in [0.05, 0.1) is 13.5 Å². The summed E-state index contributed by atoms with van der Waals surface area (Å²) in [6.45, 7) is 5.51. The van der Waals surface area contributed by atoms with Crippen molar-refractivity contribution in [1.29, 1.82) is 0 Å². The number of hydrogen-bond donors (Lipinski definition) is 0. The number of carbonyl (C=O) groups is 1. The number of carbonyl (C=O) groups excluding carboxylic acids is 1. The van der Waals surface area contributed by atoms with Crippen molar-refractivity contribution in [3.63, 3.8) is 0 Å². The lowest BCUT2D eigenvalue weighted by atomic mass is 9.96. The molecule has 1 rings (SSSR count). The van der Waals surface area contributed by atoms with E-state index in [1.54, 1.807) is 0 Å². The number of rotatable bonds is 6. The Morgan fingerprint density at radius 3 is 2.58 bits per heavy atom. The zero-order valence-electron chi connectivity index (χ0n) is 12.1. The van der Waals surface area contributed by atoms with Crippen LogP contribution in [0.4, 0.5) is 0 Å². The van der Waals surface area contributed by atoms with Gasteiger partial charge in [0.2, 0.25) is 0 Å². The van der Waals surface area contributed by atoms with Gasteiger partial charge >= 0.3 is 5.97 Å². The predicted molar refractivity (Wildman–Crippen MR) is 72.7 cm³/mol. The molecule has 0 aromatic rings. The largest absolute Gasteiger partial charge is 0.469 e. The van der Waals surface area contributed by atoms with Crippen LogP contribution in [-0.4, -0.2) is 56.8 Å². The molecule has 1 aliphatic heterocycles. The third-order valence-corrected chi connectivity index (χ3v) is 5.66. The van der Waals surface area contributed by atoms with E-state index in [4.69, 9.17) is 0 Å². The smallest absolute Gasteiger partial charge is 0.306 e. The minimum Gasteiger partial charge on any atom is -0.469 e. The summed E-state index contributed by atoms with van der Waals surface area (Å²) in [6, 6.07) is 0. The van der Waals surface area contributed by atoms with Gasteiger partial charge in [-0.2, -0.15) is 17.0 Å². The predicted octanol–water partition coefficient (Wildman–Crippen LogP) is 0.704. The van der Waals surface area contributed by atoms with E-state index in [-0.39, 0.29) is 13.0 Å². The van der Waals surface area contributed by atoms with Crippen LogP contribution in [0.2, 0.25) is 0 Å². The molecule has 0 N–H and O–H groups in total. The first-order chi connectivity index (χ1) is 8.78. The van der Waals surface area contributed by atoms with E-state index in [1.165, 1.54) is 22.8 Å². The van der Waals surface area contributed by atoms with Crippen LogP contribution in [0.1, 0.15) is 26.7 Å². The normalized spacial score (nSPS) is 21.3. The summed E-state index contributed by atoms with van der Waals surface area (Å²) < 4.78 is 31.9. The Balaban J connectivity index is 2.58. The van der Waals surface area contributed by atoms with Gasteiger partial charge in [-0.15, -0.1) is 0 Å². The van der Waals surface area contributed by atoms with Crippen LogP contribution in [-0.2, 0) is 19.7 Å². The Labute approximate surface area is 115 Å². The fraction of sp³-hybridized carbons (Fsp3) is 0.917. The number of nitrogens with zero attached hydrogens (tertiary/aromatic N) is 2. The summed E-state index contributed by atoms with van der Waals surface area (Å²) in [5.74, 6) is 0.507. The number of hydrogen-bond acceptors (Lipinski definition) is 4. The summed E-state index contributed by atoms with van der Waals surface area (Å²) in [7, 11) is -0.653. The van der Waals surface area contributed by atoms with E-state index in [9.17, 15) is 13.2 Å². The summed E-state index contributed by atoms with van der Waals surface area (Å²) >= 11 is 0. The van der Waals surface area contributed by atoms with Gasteiger partial charge in [-0.3, -0.25) is 4.79 Å². The van der Waals surface area contributed by atoms with Crippen LogP contribution < -0.4 is 0 Å². The van der Waals surface area contributed by atoms with Crippen molar-refractivity contribution in [1.82, 2.24) is 8.61 Å². The van der Waals surface area contributed by atoms with E-state index in [2.05, 4.69) is 18.6 Å². The topological polar surface area (TPSA) is 66.9 Å². The zero-order chi connectivity index (χ0) is 14.6. The maximum absolute atomic E-state index is 12.3. The Kier molecular flexibility index (Phi) is 5.76. The summed E-state index contributed by atoms with van der Waals surface area (Å²) in [5, 5.41) is 0. The molecule has 0 aromatic carbocycles. The maximum Gasteiger partial charge on any atom is 0.306 e. The molecular weight excluding hydrogens is 268 g/mol. The molecule has 0 aliphatic carbocycles. The minimum atomic E-state index is -3.45. The highest BCUT2D eigenvalue weighted by Gasteiger charge is 2.35. The third-order valence-electron chi connectivity index (χ3n) is 3.71. The molecule has 1 fully saturated rings. The van der Waals surface area contributed by atoms with E-state index in [0.717, 1.165) is 6.42 Å². The van der Waals surface area contributed by atoms with E-state index < -0.39 is 16.2 Å². The second kappa shape index (κ2) is 6.67. The van der Waals surface area contributed by atoms with Gasteiger partial charge in [-0.1, -0.05) is 13.8 Å². The van der Waals surface area contributed by atoms with Crippen LogP contribution in [0.5, 0.6) is 0 Å². The highest BCUT2D eigenvalue weighted by Crippen LogP contribution is 2.26. The second-order valence-electron chi connectivity index (χ2n) is 5.31. The van der Waals surface area contributed by atoms with Crippen molar-refractivity contribution >= 4 is 16.2 Å². The molecular formula is C12H24N2O4S. The van der Waals surface area contributed by atoms with E-state index >= 15 is 0 Å². The quantitative estimate of drug-likeness (QED) is 0.676. The van der Waals surface area contributed by atoms with E-state index in [1.807, 2.05) is 0 Å². The van der Waals surface area contributed by atoms with Gasteiger partial charge in [-0.25, -0.2) is 0 Å². The average molecular weight is 292 g/mol. The molecule has 1 atom stereocenters. The minimum absolute atomic E-state index is 0.0771. The molecule has 0 amide bonds. The molecule has 0 saturated carbocycles. The molecule has 112 valence electrons. The van der Waals surface area contributed by atoms with Gasteiger partial charge in [0, 0.05) is 26.7 Å². The number of esters is 1. The fourth-order valence-electron chi connectivity index (χ4n) is 2.17. The molecule has 19 heavy (non-hydrogen) atoms. The first kappa shape index (κ1) is 16.4. The lowest BCUT2D eigenvalue weighted by Crippen LogP contribution is -2.41. The van der Waals surface area contributed by atoms with Crippen molar-refractivity contribution in [2.45, 2.75) is 26.7 Å².